The monoisotopic (exact) mass is 304 g/mol. The van der Waals surface area contributed by atoms with E-state index in [4.69, 9.17) is 17.3 Å². The highest BCUT2D eigenvalue weighted by Gasteiger charge is 2.40. The zero-order valence-corrected chi connectivity index (χ0v) is 11.6. The SMILES string of the molecule is NC1(Cc2ccc(Cl)cc2[N+](=O)[O-])CCS(=O)(=O)C1. The lowest BCUT2D eigenvalue weighted by atomic mass is 9.91. The van der Waals surface area contributed by atoms with Gasteiger partial charge in [-0.1, -0.05) is 17.7 Å². The summed E-state index contributed by atoms with van der Waals surface area (Å²) in [5.74, 6) is -0.106. The quantitative estimate of drug-likeness (QED) is 0.669. The van der Waals surface area contributed by atoms with Gasteiger partial charge in [0.05, 0.1) is 16.4 Å². The van der Waals surface area contributed by atoms with Crippen molar-refractivity contribution in [2.45, 2.75) is 18.4 Å². The third-order valence-electron chi connectivity index (χ3n) is 3.20. The average molecular weight is 305 g/mol. The van der Waals surface area contributed by atoms with Crippen molar-refractivity contribution in [3.8, 4) is 0 Å². The Kier molecular flexibility index (Phi) is 3.55. The third kappa shape index (κ3) is 3.23. The van der Waals surface area contributed by atoms with E-state index in [1.54, 1.807) is 0 Å². The van der Waals surface area contributed by atoms with Crippen molar-refractivity contribution in [2.75, 3.05) is 11.5 Å². The summed E-state index contributed by atoms with van der Waals surface area (Å²) in [7, 11) is -3.14. The van der Waals surface area contributed by atoms with Gasteiger partial charge in [0.15, 0.2) is 9.84 Å². The van der Waals surface area contributed by atoms with Crippen molar-refractivity contribution in [2.24, 2.45) is 5.73 Å². The fraction of sp³-hybridized carbons (Fsp3) is 0.455. The number of halogens is 1. The highest BCUT2D eigenvalue weighted by Crippen LogP contribution is 2.30. The molecule has 1 aromatic carbocycles. The number of benzene rings is 1. The molecular formula is C11H13ClN2O4S. The first-order chi connectivity index (χ1) is 8.71. The summed E-state index contributed by atoms with van der Waals surface area (Å²) in [6, 6.07) is 4.32. The molecule has 0 saturated carbocycles. The molecule has 1 heterocycles. The zero-order valence-electron chi connectivity index (χ0n) is 10.0. The Bertz CT molecular complexity index is 632. The van der Waals surface area contributed by atoms with Crippen LogP contribution in [0.3, 0.4) is 0 Å². The van der Waals surface area contributed by atoms with E-state index in [0.717, 1.165) is 0 Å². The Morgan fingerprint density at radius 1 is 1.47 bits per heavy atom. The van der Waals surface area contributed by atoms with Gasteiger partial charge in [-0.3, -0.25) is 10.1 Å². The summed E-state index contributed by atoms with van der Waals surface area (Å²) < 4.78 is 22.9. The molecule has 0 bridgehead atoms. The van der Waals surface area contributed by atoms with E-state index in [-0.39, 0.29) is 28.6 Å². The molecule has 1 unspecified atom stereocenters. The zero-order chi connectivity index (χ0) is 14.3. The standard InChI is InChI=1S/C11H13ClN2O4S/c12-9-2-1-8(10(5-9)14(15)16)6-11(13)3-4-19(17,18)7-11/h1-2,5H,3-4,6-7,13H2. The second-order valence-electron chi connectivity index (χ2n) is 4.91. The Morgan fingerprint density at radius 2 is 2.16 bits per heavy atom. The van der Waals surface area contributed by atoms with Crippen molar-refractivity contribution in [3.05, 3.63) is 38.9 Å². The fourth-order valence-electron chi connectivity index (χ4n) is 2.32. The van der Waals surface area contributed by atoms with Crippen molar-refractivity contribution in [3.63, 3.8) is 0 Å². The molecule has 19 heavy (non-hydrogen) atoms. The molecule has 1 aliphatic rings. The van der Waals surface area contributed by atoms with Crippen LogP contribution in [0.5, 0.6) is 0 Å². The summed E-state index contributed by atoms with van der Waals surface area (Å²) in [5, 5.41) is 11.2. The maximum absolute atomic E-state index is 11.5. The fourth-order valence-corrected chi connectivity index (χ4v) is 4.47. The van der Waals surface area contributed by atoms with Crippen LogP contribution in [0.1, 0.15) is 12.0 Å². The van der Waals surface area contributed by atoms with Gasteiger partial charge in [0, 0.05) is 22.2 Å². The molecule has 0 radical (unpaired) electrons. The lowest BCUT2D eigenvalue weighted by Gasteiger charge is -2.21. The molecule has 0 aromatic heterocycles. The molecule has 104 valence electrons. The maximum Gasteiger partial charge on any atom is 0.274 e. The van der Waals surface area contributed by atoms with Gasteiger partial charge in [-0.05, 0) is 18.9 Å². The molecule has 2 rings (SSSR count). The molecule has 2 N–H and O–H groups in total. The summed E-state index contributed by atoms with van der Waals surface area (Å²) in [4.78, 5) is 10.4. The number of rotatable bonds is 3. The third-order valence-corrected chi connectivity index (χ3v) is 5.28. The molecule has 1 fully saturated rings. The molecular weight excluding hydrogens is 292 g/mol. The minimum atomic E-state index is -3.14. The number of nitrogens with zero attached hydrogens (tertiary/aromatic N) is 1. The Labute approximate surface area is 115 Å². The van der Waals surface area contributed by atoms with E-state index < -0.39 is 20.3 Å². The predicted molar refractivity (Wildman–Crippen MR) is 72.0 cm³/mol. The Hall–Kier alpha value is -1.18. The van der Waals surface area contributed by atoms with Crippen LogP contribution < -0.4 is 5.73 Å². The summed E-state index contributed by atoms with van der Waals surface area (Å²) in [6.07, 6.45) is 0.467. The van der Waals surface area contributed by atoms with Crippen LogP contribution in [-0.4, -0.2) is 30.4 Å². The summed E-state index contributed by atoms with van der Waals surface area (Å²) >= 11 is 5.73. The summed E-state index contributed by atoms with van der Waals surface area (Å²) in [5.41, 5.74) is 5.39. The molecule has 6 nitrogen and oxygen atoms in total. The van der Waals surface area contributed by atoms with Crippen LogP contribution in [0.15, 0.2) is 18.2 Å². The van der Waals surface area contributed by atoms with Crippen molar-refractivity contribution in [1.82, 2.24) is 0 Å². The number of nitrogens with two attached hydrogens (primary N) is 1. The number of hydrogen-bond donors (Lipinski definition) is 1. The van der Waals surface area contributed by atoms with Crippen LogP contribution in [0.25, 0.3) is 0 Å². The number of sulfone groups is 1. The highest BCUT2D eigenvalue weighted by molar-refractivity contribution is 7.91. The molecule has 1 aliphatic heterocycles. The van der Waals surface area contributed by atoms with Gasteiger partial charge >= 0.3 is 0 Å². The van der Waals surface area contributed by atoms with Gasteiger partial charge in [-0.25, -0.2) is 8.42 Å². The van der Waals surface area contributed by atoms with Gasteiger partial charge in [0.2, 0.25) is 0 Å². The van der Waals surface area contributed by atoms with Crippen molar-refractivity contribution in [1.29, 1.82) is 0 Å². The van der Waals surface area contributed by atoms with Crippen LogP contribution in [0, 0.1) is 10.1 Å². The van der Waals surface area contributed by atoms with Gasteiger partial charge in [-0.2, -0.15) is 0 Å². The predicted octanol–water partition coefficient (Wildman–Crippen LogP) is 1.31. The van der Waals surface area contributed by atoms with Crippen LogP contribution in [0.2, 0.25) is 5.02 Å². The second-order valence-corrected chi connectivity index (χ2v) is 7.53. The maximum atomic E-state index is 11.5. The number of hydrogen-bond acceptors (Lipinski definition) is 5. The first kappa shape index (κ1) is 14.2. The lowest BCUT2D eigenvalue weighted by molar-refractivity contribution is -0.385. The van der Waals surface area contributed by atoms with Crippen LogP contribution >= 0.6 is 11.6 Å². The summed E-state index contributed by atoms with van der Waals surface area (Å²) in [6.45, 7) is 0. The largest absolute Gasteiger partial charge is 0.324 e. The van der Waals surface area contributed by atoms with Gasteiger partial charge in [-0.15, -0.1) is 0 Å². The molecule has 1 atom stereocenters. The normalized spacial score (nSPS) is 25.4. The van der Waals surface area contributed by atoms with E-state index in [1.165, 1.54) is 18.2 Å². The molecule has 0 spiro atoms. The van der Waals surface area contributed by atoms with Gasteiger partial charge < -0.3 is 5.73 Å². The Morgan fingerprint density at radius 3 is 2.68 bits per heavy atom. The van der Waals surface area contributed by atoms with Gasteiger partial charge in [0.25, 0.3) is 5.69 Å². The first-order valence-corrected chi connectivity index (χ1v) is 7.83. The van der Waals surface area contributed by atoms with E-state index in [2.05, 4.69) is 0 Å². The van der Waals surface area contributed by atoms with E-state index in [9.17, 15) is 18.5 Å². The highest BCUT2D eigenvalue weighted by atomic mass is 35.5. The Balaban J connectivity index is 2.32. The van der Waals surface area contributed by atoms with Crippen LogP contribution in [-0.2, 0) is 16.3 Å². The second kappa shape index (κ2) is 4.73. The molecule has 1 saturated heterocycles. The van der Waals surface area contributed by atoms with Crippen LogP contribution in [0.4, 0.5) is 5.69 Å². The molecule has 0 aliphatic carbocycles. The minimum absolute atomic E-state index is 0.0326. The lowest BCUT2D eigenvalue weighted by Crippen LogP contribution is -2.43. The number of nitro groups is 1. The molecule has 1 aromatic rings. The average Bonchev–Trinajstić information content (AvgIpc) is 2.55. The first-order valence-electron chi connectivity index (χ1n) is 5.63. The van der Waals surface area contributed by atoms with Gasteiger partial charge in [0.1, 0.15) is 0 Å². The van der Waals surface area contributed by atoms with E-state index in [1.807, 2.05) is 0 Å². The molecule has 8 heteroatoms. The van der Waals surface area contributed by atoms with Crippen molar-refractivity contribution < 1.29 is 13.3 Å². The topological polar surface area (TPSA) is 103 Å². The molecule has 0 amide bonds. The van der Waals surface area contributed by atoms with Crippen molar-refractivity contribution >= 4 is 27.1 Å². The minimum Gasteiger partial charge on any atom is -0.324 e. The number of nitro benzene ring substituents is 1. The smallest absolute Gasteiger partial charge is 0.274 e. The van der Waals surface area contributed by atoms with E-state index >= 15 is 0 Å². The van der Waals surface area contributed by atoms with E-state index in [0.29, 0.717) is 12.0 Å².